The van der Waals surface area contributed by atoms with Gasteiger partial charge >= 0.3 is 0 Å². The lowest BCUT2D eigenvalue weighted by Gasteiger charge is -2.34. The van der Waals surface area contributed by atoms with Gasteiger partial charge in [0.15, 0.2) is 0 Å². The Morgan fingerprint density at radius 2 is 1.62 bits per heavy atom. The molecule has 5 nitrogen and oxygen atoms in total. The number of piperazine rings is 1. The van der Waals surface area contributed by atoms with E-state index in [4.69, 9.17) is 4.74 Å². The lowest BCUT2D eigenvalue weighted by Crippen LogP contribution is -2.44. The zero-order valence-electron chi connectivity index (χ0n) is 18.9. The SMILES string of the molecule is COc1ccc(CCNC(=O)c2cccc(-c3ccc(N4CCN(C)CC4)cc3)c2)cc1. The highest BCUT2D eigenvalue weighted by Gasteiger charge is 2.14. The minimum atomic E-state index is -0.0468. The second-order valence-electron chi connectivity index (χ2n) is 8.27. The lowest BCUT2D eigenvalue weighted by molar-refractivity contribution is 0.0954. The van der Waals surface area contributed by atoms with E-state index >= 15 is 0 Å². The number of hydrogen-bond donors (Lipinski definition) is 1. The van der Waals surface area contributed by atoms with Crippen molar-refractivity contribution in [1.29, 1.82) is 0 Å². The van der Waals surface area contributed by atoms with Crippen molar-refractivity contribution in [3.8, 4) is 16.9 Å². The molecule has 1 N–H and O–H groups in total. The summed E-state index contributed by atoms with van der Waals surface area (Å²) in [5.74, 6) is 0.792. The van der Waals surface area contributed by atoms with Crippen LogP contribution in [0, 0.1) is 0 Å². The molecular weight excluding hydrogens is 398 g/mol. The molecule has 1 fully saturated rings. The summed E-state index contributed by atoms with van der Waals surface area (Å²) < 4.78 is 5.18. The van der Waals surface area contributed by atoms with E-state index in [1.54, 1.807) is 7.11 Å². The molecule has 1 amide bonds. The van der Waals surface area contributed by atoms with E-state index in [1.807, 2.05) is 42.5 Å². The molecule has 5 heteroatoms. The molecular formula is C27H31N3O2. The van der Waals surface area contributed by atoms with E-state index < -0.39 is 0 Å². The highest BCUT2D eigenvalue weighted by molar-refractivity contribution is 5.95. The molecule has 1 aliphatic heterocycles. The third kappa shape index (κ3) is 5.48. The lowest BCUT2D eigenvalue weighted by atomic mass is 10.0. The molecule has 0 aromatic heterocycles. The van der Waals surface area contributed by atoms with Crippen molar-refractivity contribution < 1.29 is 9.53 Å². The molecule has 1 aliphatic rings. The van der Waals surface area contributed by atoms with Crippen molar-refractivity contribution in [2.24, 2.45) is 0 Å². The average molecular weight is 430 g/mol. The fourth-order valence-corrected chi connectivity index (χ4v) is 3.98. The first-order valence-electron chi connectivity index (χ1n) is 11.2. The molecule has 166 valence electrons. The molecule has 32 heavy (non-hydrogen) atoms. The van der Waals surface area contributed by atoms with E-state index in [2.05, 4.69) is 52.5 Å². The van der Waals surface area contributed by atoms with Crippen LogP contribution in [0.25, 0.3) is 11.1 Å². The van der Waals surface area contributed by atoms with Gasteiger partial charge in [0.2, 0.25) is 0 Å². The van der Waals surface area contributed by atoms with Gasteiger partial charge in [-0.25, -0.2) is 0 Å². The van der Waals surface area contributed by atoms with Gasteiger partial charge in [-0.3, -0.25) is 4.79 Å². The summed E-state index contributed by atoms with van der Waals surface area (Å²) in [4.78, 5) is 17.5. The number of benzene rings is 3. The number of carbonyl (C=O) groups is 1. The maximum absolute atomic E-state index is 12.7. The fraction of sp³-hybridized carbons (Fsp3) is 0.296. The predicted octanol–water partition coefficient (Wildman–Crippen LogP) is 4.09. The number of nitrogens with zero attached hydrogens (tertiary/aromatic N) is 2. The Kier molecular flexibility index (Phi) is 7.07. The Morgan fingerprint density at radius 3 is 2.31 bits per heavy atom. The van der Waals surface area contributed by atoms with Crippen LogP contribution in [-0.4, -0.2) is 57.7 Å². The van der Waals surface area contributed by atoms with Crippen molar-refractivity contribution in [3.63, 3.8) is 0 Å². The minimum absolute atomic E-state index is 0.0468. The van der Waals surface area contributed by atoms with Crippen molar-refractivity contribution in [1.82, 2.24) is 10.2 Å². The van der Waals surface area contributed by atoms with E-state index in [0.717, 1.165) is 49.5 Å². The summed E-state index contributed by atoms with van der Waals surface area (Å²) in [6, 6.07) is 24.4. The Hall–Kier alpha value is -3.31. The minimum Gasteiger partial charge on any atom is -0.497 e. The summed E-state index contributed by atoms with van der Waals surface area (Å²) in [6.07, 6.45) is 0.781. The number of likely N-dealkylation sites (N-methyl/N-ethyl adjacent to an activating group) is 1. The summed E-state index contributed by atoms with van der Waals surface area (Å²) in [7, 11) is 3.83. The van der Waals surface area contributed by atoms with Crippen LogP contribution in [0.3, 0.4) is 0 Å². The quantitative estimate of drug-likeness (QED) is 0.615. The standard InChI is InChI=1S/C27H31N3O2/c1-29-16-18-30(19-17-29)25-10-8-22(9-11-25)23-4-3-5-24(20-23)27(31)28-15-14-21-6-12-26(32-2)13-7-21/h3-13,20H,14-19H2,1-2H3,(H,28,31). The highest BCUT2D eigenvalue weighted by atomic mass is 16.5. The summed E-state index contributed by atoms with van der Waals surface area (Å²) in [5, 5.41) is 3.03. The molecule has 1 saturated heterocycles. The number of ether oxygens (including phenoxy) is 1. The van der Waals surface area contributed by atoms with Gasteiger partial charge in [0.1, 0.15) is 5.75 Å². The Labute approximate surface area is 190 Å². The van der Waals surface area contributed by atoms with Crippen molar-refractivity contribution in [2.45, 2.75) is 6.42 Å². The second kappa shape index (κ2) is 10.3. The molecule has 0 atom stereocenters. The highest BCUT2D eigenvalue weighted by Crippen LogP contribution is 2.24. The maximum atomic E-state index is 12.7. The largest absolute Gasteiger partial charge is 0.497 e. The average Bonchev–Trinajstić information content (AvgIpc) is 2.85. The first-order valence-corrected chi connectivity index (χ1v) is 11.2. The third-order valence-electron chi connectivity index (χ3n) is 6.05. The third-order valence-corrected chi connectivity index (χ3v) is 6.05. The van der Waals surface area contributed by atoms with E-state index in [0.29, 0.717) is 12.1 Å². The van der Waals surface area contributed by atoms with Crippen molar-refractivity contribution >= 4 is 11.6 Å². The van der Waals surface area contributed by atoms with Crippen LogP contribution in [0.4, 0.5) is 5.69 Å². The van der Waals surface area contributed by atoms with Crippen LogP contribution in [0.15, 0.2) is 72.8 Å². The van der Waals surface area contributed by atoms with Crippen LogP contribution < -0.4 is 15.0 Å². The molecule has 3 aromatic rings. The zero-order chi connectivity index (χ0) is 22.3. The smallest absolute Gasteiger partial charge is 0.251 e. The van der Waals surface area contributed by atoms with Gasteiger partial charge < -0.3 is 19.9 Å². The normalized spacial score (nSPS) is 14.2. The van der Waals surface area contributed by atoms with Gasteiger partial charge in [0, 0.05) is 44.0 Å². The molecule has 1 heterocycles. The van der Waals surface area contributed by atoms with Gasteiger partial charge in [0.25, 0.3) is 5.91 Å². The molecule has 0 spiro atoms. The van der Waals surface area contributed by atoms with Crippen molar-refractivity contribution in [3.05, 3.63) is 83.9 Å². The van der Waals surface area contributed by atoms with Gasteiger partial charge in [-0.15, -0.1) is 0 Å². The molecule has 4 rings (SSSR count). The van der Waals surface area contributed by atoms with Gasteiger partial charge in [-0.05, 0) is 66.6 Å². The number of carbonyl (C=O) groups excluding carboxylic acids is 1. The number of anilines is 1. The molecule has 0 radical (unpaired) electrons. The maximum Gasteiger partial charge on any atom is 0.251 e. The number of amides is 1. The molecule has 0 unspecified atom stereocenters. The van der Waals surface area contributed by atoms with Crippen LogP contribution in [0.5, 0.6) is 5.75 Å². The Morgan fingerprint density at radius 1 is 0.906 bits per heavy atom. The number of nitrogens with one attached hydrogen (secondary N) is 1. The van der Waals surface area contributed by atoms with E-state index in [9.17, 15) is 4.79 Å². The van der Waals surface area contributed by atoms with Crippen LogP contribution in [-0.2, 0) is 6.42 Å². The number of methoxy groups -OCH3 is 1. The number of rotatable bonds is 7. The summed E-state index contributed by atoms with van der Waals surface area (Å²) in [5.41, 5.74) is 5.28. The summed E-state index contributed by atoms with van der Waals surface area (Å²) in [6.45, 7) is 4.90. The van der Waals surface area contributed by atoms with Crippen LogP contribution >= 0.6 is 0 Å². The van der Waals surface area contributed by atoms with Gasteiger partial charge in [-0.1, -0.05) is 36.4 Å². The molecule has 0 aliphatic carbocycles. The predicted molar refractivity (Wildman–Crippen MR) is 131 cm³/mol. The molecule has 0 bridgehead atoms. The Bertz CT molecular complexity index is 1020. The monoisotopic (exact) mass is 429 g/mol. The second-order valence-corrected chi connectivity index (χ2v) is 8.27. The van der Waals surface area contributed by atoms with E-state index in [-0.39, 0.29) is 5.91 Å². The number of hydrogen-bond acceptors (Lipinski definition) is 4. The zero-order valence-corrected chi connectivity index (χ0v) is 18.9. The van der Waals surface area contributed by atoms with Crippen LogP contribution in [0.2, 0.25) is 0 Å². The molecule has 3 aromatic carbocycles. The van der Waals surface area contributed by atoms with E-state index in [1.165, 1.54) is 11.3 Å². The van der Waals surface area contributed by atoms with Gasteiger partial charge in [-0.2, -0.15) is 0 Å². The Balaban J connectivity index is 1.35. The summed E-state index contributed by atoms with van der Waals surface area (Å²) >= 11 is 0. The first-order chi connectivity index (χ1) is 15.6. The fourth-order valence-electron chi connectivity index (χ4n) is 3.98. The van der Waals surface area contributed by atoms with Gasteiger partial charge in [0.05, 0.1) is 7.11 Å². The van der Waals surface area contributed by atoms with Crippen molar-refractivity contribution in [2.75, 3.05) is 51.8 Å². The molecule has 0 saturated carbocycles. The first kappa shape index (κ1) is 21.9. The topological polar surface area (TPSA) is 44.8 Å². The van der Waals surface area contributed by atoms with Crippen LogP contribution in [0.1, 0.15) is 15.9 Å².